The minimum absolute atomic E-state index is 0. The fraction of sp³-hybridized carbons (Fsp3) is 0.500. The Kier molecular flexibility index (Phi) is 4.57. The lowest BCUT2D eigenvalue weighted by atomic mass is 10.1. The average Bonchev–Trinajstić information content (AvgIpc) is 3.01. The molecular weight excluding hydrogens is 316 g/mol. The van der Waals surface area contributed by atoms with Crippen molar-refractivity contribution < 1.29 is 9.59 Å². The summed E-state index contributed by atoms with van der Waals surface area (Å²) in [7, 11) is 0. The Morgan fingerprint density at radius 2 is 2.00 bits per heavy atom. The molecule has 2 atom stereocenters. The highest BCUT2D eigenvalue weighted by Crippen LogP contribution is 2.29. The number of carbonyl (C=O) groups is 2. The lowest BCUT2D eigenvalue weighted by Crippen LogP contribution is -2.52. The molecule has 6 nitrogen and oxygen atoms in total. The Balaban J connectivity index is 0.00000156. The maximum absolute atomic E-state index is 12.3. The Labute approximate surface area is 141 Å². The molecule has 1 aromatic carbocycles. The number of benzene rings is 1. The number of nitrogens with zero attached hydrogens (tertiary/aromatic N) is 1. The first kappa shape index (κ1) is 16.2. The number of fused-ring (bicyclic) bond motifs is 3. The van der Waals surface area contributed by atoms with Crippen LogP contribution in [0, 0.1) is 0 Å². The molecule has 0 radical (unpaired) electrons. The SMILES string of the molecule is Cl.O=C1Cc2c(cccc2NC(=O)CN2CC3CCC(C2)N3)N1. The molecule has 1 aromatic rings. The summed E-state index contributed by atoms with van der Waals surface area (Å²) in [5.74, 6) is -0.0237. The van der Waals surface area contributed by atoms with Gasteiger partial charge in [-0.15, -0.1) is 12.4 Å². The highest BCUT2D eigenvalue weighted by Gasteiger charge is 2.32. The number of halogens is 1. The van der Waals surface area contributed by atoms with E-state index in [9.17, 15) is 9.59 Å². The van der Waals surface area contributed by atoms with Crippen LogP contribution >= 0.6 is 12.4 Å². The van der Waals surface area contributed by atoms with Gasteiger partial charge < -0.3 is 16.0 Å². The monoisotopic (exact) mass is 336 g/mol. The number of hydrogen-bond acceptors (Lipinski definition) is 4. The van der Waals surface area contributed by atoms with Gasteiger partial charge in [0.15, 0.2) is 0 Å². The van der Waals surface area contributed by atoms with Crippen molar-refractivity contribution >= 4 is 35.6 Å². The van der Waals surface area contributed by atoms with Crippen molar-refractivity contribution in [2.24, 2.45) is 0 Å². The van der Waals surface area contributed by atoms with Gasteiger partial charge in [-0.2, -0.15) is 0 Å². The minimum atomic E-state index is -0.0182. The first-order valence-electron chi connectivity index (χ1n) is 7.87. The van der Waals surface area contributed by atoms with Crippen molar-refractivity contribution in [1.29, 1.82) is 0 Å². The number of likely N-dealkylation sites (tertiary alicyclic amines) is 1. The van der Waals surface area contributed by atoms with Crippen molar-refractivity contribution in [3.63, 3.8) is 0 Å². The molecule has 3 aliphatic rings. The van der Waals surface area contributed by atoms with Crippen LogP contribution in [0.2, 0.25) is 0 Å². The third kappa shape index (κ3) is 3.34. The molecule has 124 valence electrons. The van der Waals surface area contributed by atoms with Crippen molar-refractivity contribution in [2.45, 2.75) is 31.3 Å². The molecule has 7 heteroatoms. The van der Waals surface area contributed by atoms with E-state index >= 15 is 0 Å². The quantitative estimate of drug-likeness (QED) is 0.769. The smallest absolute Gasteiger partial charge is 0.238 e. The zero-order valence-corrected chi connectivity index (χ0v) is 13.6. The number of anilines is 2. The lowest BCUT2D eigenvalue weighted by Gasteiger charge is -2.32. The van der Waals surface area contributed by atoms with Crippen LogP contribution in [0.1, 0.15) is 18.4 Å². The predicted molar refractivity (Wildman–Crippen MR) is 91.0 cm³/mol. The van der Waals surface area contributed by atoms with Gasteiger partial charge in [0.25, 0.3) is 0 Å². The largest absolute Gasteiger partial charge is 0.325 e. The highest BCUT2D eigenvalue weighted by atomic mass is 35.5. The van der Waals surface area contributed by atoms with Gasteiger partial charge in [0, 0.05) is 42.1 Å². The van der Waals surface area contributed by atoms with E-state index in [0.29, 0.717) is 25.0 Å². The van der Waals surface area contributed by atoms with E-state index in [-0.39, 0.29) is 24.2 Å². The van der Waals surface area contributed by atoms with Gasteiger partial charge >= 0.3 is 0 Å². The second-order valence-electron chi connectivity index (χ2n) is 6.44. The van der Waals surface area contributed by atoms with Crippen molar-refractivity contribution in [1.82, 2.24) is 10.2 Å². The topological polar surface area (TPSA) is 73.5 Å². The zero-order chi connectivity index (χ0) is 15.1. The molecule has 0 aromatic heterocycles. The molecule has 2 bridgehead atoms. The van der Waals surface area contributed by atoms with Crippen LogP contribution in [0.25, 0.3) is 0 Å². The maximum Gasteiger partial charge on any atom is 0.238 e. The molecule has 3 heterocycles. The van der Waals surface area contributed by atoms with E-state index in [1.807, 2.05) is 18.2 Å². The Morgan fingerprint density at radius 1 is 1.26 bits per heavy atom. The molecule has 2 amide bonds. The summed E-state index contributed by atoms with van der Waals surface area (Å²) in [6.45, 7) is 2.30. The molecule has 2 unspecified atom stereocenters. The summed E-state index contributed by atoms with van der Waals surface area (Å²) in [5, 5.41) is 9.33. The highest BCUT2D eigenvalue weighted by molar-refractivity contribution is 6.03. The molecule has 4 rings (SSSR count). The van der Waals surface area contributed by atoms with E-state index < -0.39 is 0 Å². The van der Waals surface area contributed by atoms with Gasteiger partial charge in [0.05, 0.1) is 13.0 Å². The number of amides is 2. The van der Waals surface area contributed by atoms with E-state index in [2.05, 4.69) is 20.9 Å². The first-order chi connectivity index (χ1) is 10.7. The summed E-state index contributed by atoms with van der Waals surface area (Å²) in [4.78, 5) is 26.0. The maximum atomic E-state index is 12.3. The predicted octanol–water partition coefficient (Wildman–Crippen LogP) is 0.978. The van der Waals surface area contributed by atoms with E-state index in [1.54, 1.807) is 0 Å². The molecule has 0 aliphatic carbocycles. The normalized spacial score (nSPS) is 25.5. The number of carbonyl (C=O) groups excluding carboxylic acids is 2. The summed E-state index contributed by atoms with van der Waals surface area (Å²) < 4.78 is 0. The number of nitrogens with one attached hydrogen (secondary N) is 3. The third-order valence-electron chi connectivity index (χ3n) is 4.72. The van der Waals surface area contributed by atoms with Crippen LogP contribution in [-0.2, 0) is 16.0 Å². The van der Waals surface area contributed by atoms with Gasteiger partial charge in [-0.1, -0.05) is 6.07 Å². The van der Waals surface area contributed by atoms with Crippen molar-refractivity contribution in [3.8, 4) is 0 Å². The summed E-state index contributed by atoms with van der Waals surface area (Å²) in [6.07, 6.45) is 2.76. The Morgan fingerprint density at radius 3 is 2.74 bits per heavy atom. The van der Waals surface area contributed by atoms with Gasteiger partial charge in [0.2, 0.25) is 11.8 Å². The molecule has 2 fully saturated rings. The minimum Gasteiger partial charge on any atom is -0.325 e. The summed E-state index contributed by atoms with van der Waals surface area (Å²) in [6, 6.07) is 6.65. The van der Waals surface area contributed by atoms with E-state index in [0.717, 1.165) is 30.0 Å². The second-order valence-corrected chi connectivity index (χ2v) is 6.44. The van der Waals surface area contributed by atoms with Crippen LogP contribution < -0.4 is 16.0 Å². The number of piperazine rings is 1. The fourth-order valence-corrected chi connectivity index (χ4v) is 3.78. The Hall–Kier alpha value is -1.63. The van der Waals surface area contributed by atoms with Crippen LogP contribution in [0.5, 0.6) is 0 Å². The molecule has 3 N–H and O–H groups in total. The second kappa shape index (κ2) is 6.47. The van der Waals surface area contributed by atoms with Gasteiger partial charge in [-0.3, -0.25) is 14.5 Å². The van der Waals surface area contributed by atoms with Gasteiger partial charge in [-0.25, -0.2) is 0 Å². The average molecular weight is 337 g/mol. The molecule has 0 spiro atoms. The van der Waals surface area contributed by atoms with E-state index in [4.69, 9.17) is 0 Å². The standard InChI is InChI=1S/C16H20N4O2.ClH/c21-15-6-12-13(18-15)2-1-3-14(12)19-16(22)9-20-7-10-4-5-11(8-20)17-10;/h1-3,10-11,17H,4-9H2,(H,18,21)(H,19,22);1H. The molecule has 2 saturated heterocycles. The van der Waals surface area contributed by atoms with Gasteiger partial charge in [0.1, 0.15) is 0 Å². The third-order valence-corrected chi connectivity index (χ3v) is 4.72. The van der Waals surface area contributed by atoms with Crippen LogP contribution in [-0.4, -0.2) is 48.4 Å². The van der Waals surface area contributed by atoms with E-state index in [1.165, 1.54) is 12.8 Å². The fourth-order valence-electron chi connectivity index (χ4n) is 3.78. The first-order valence-corrected chi connectivity index (χ1v) is 7.87. The molecule has 0 saturated carbocycles. The van der Waals surface area contributed by atoms with Crippen molar-refractivity contribution in [3.05, 3.63) is 23.8 Å². The Bertz CT molecular complexity index is 625. The van der Waals surface area contributed by atoms with Crippen LogP contribution in [0.4, 0.5) is 11.4 Å². The van der Waals surface area contributed by atoms with Crippen LogP contribution in [0.3, 0.4) is 0 Å². The lowest BCUT2D eigenvalue weighted by molar-refractivity contribution is -0.118. The molecule has 3 aliphatic heterocycles. The summed E-state index contributed by atoms with van der Waals surface area (Å²) >= 11 is 0. The van der Waals surface area contributed by atoms with Crippen molar-refractivity contribution in [2.75, 3.05) is 30.3 Å². The molecular formula is C16H21ClN4O2. The zero-order valence-electron chi connectivity index (χ0n) is 12.8. The summed E-state index contributed by atoms with van der Waals surface area (Å²) in [5.41, 5.74) is 2.45. The molecule has 23 heavy (non-hydrogen) atoms. The number of hydrogen-bond donors (Lipinski definition) is 3. The van der Waals surface area contributed by atoms with Gasteiger partial charge in [-0.05, 0) is 25.0 Å². The number of rotatable bonds is 3. The van der Waals surface area contributed by atoms with Crippen LogP contribution in [0.15, 0.2) is 18.2 Å².